The predicted molar refractivity (Wildman–Crippen MR) is 124 cm³/mol. The zero-order chi connectivity index (χ0) is 27.0. The Morgan fingerprint density at radius 3 is 2.19 bits per heavy atom. The Morgan fingerprint density at radius 2 is 1.61 bits per heavy atom. The normalized spacial score (nSPS) is 15.2. The van der Waals surface area contributed by atoms with Gasteiger partial charge in [0.1, 0.15) is 18.1 Å². The number of fused-ring (bicyclic) bond motifs is 1. The number of nitrogens with two attached hydrogens (primary N) is 1. The molecule has 0 radical (unpaired) electrons. The number of hydrogen-bond donors (Lipinski definition) is 9. The number of aliphatic hydroxyl groups excluding tert-OH is 2. The van der Waals surface area contributed by atoms with Gasteiger partial charge in [-0.05, 0) is 25.0 Å². The van der Waals surface area contributed by atoms with Crippen LogP contribution in [0.25, 0.3) is 10.9 Å². The van der Waals surface area contributed by atoms with Crippen LogP contribution in [-0.4, -0.2) is 91.9 Å². The number of carbonyl (C=O) groups is 5. The number of para-hydroxylation sites is 1. The van der Waals surface area contributed by atoms with Crippen LogP contribution >= 0.6 is 0 Å². The van der Waals surface area contributed by atoms with Crippen LogP contribution in [0.5, 0.6) is 0 Å². The van der Waals surface area contributed by atoms with Gasteiger partial charge in [0.2, 0.25) is 17.7 Å². The lowest BCUT2D eigenvalue weighted by molar-refractivity contribution is -0.148. The van der Waals surface area contributed by atoms with Crippen molar-refractivity contribution in [3.8, 4) is 0 Å². The third-order valence-corrected chi connectivity index (χ3v) is 5.32. The summed E-state index contributed by atoms with van der Waals surface area (Å²) in [7, 11) is 0. The summed E-state index contributed by atoms with van der Waals surface area (Å²) in [5.41, 5.74) is 7.59. The number of aliphatic carboxylic acids is 2. The van der Waals surface area contributed by atoms with Crippen LogP contribution in [0.15, 0.2) is 30.5 Å². The number of carbonyl (C=O) groups excluding carboxylic acids is 3. The van der Waals surface area contributed by atoms with E-state index in [-0.39, 0.29) is 6.42 Å². The number of aromatic amines is 1. The number of aromatic nitrogens is 1. The summed E-state index contributed by atoms with van der Waals surface area (Å²) < 4.78 is 0. The molecule has 36 heavy (non-hydrogen) atoms. The van der Waals surface area contributed by atoms with Crippen molar-refractivity contribution in [1.29, 1.82) is 0 Å². The van der Waals surface area contributed by atoms with Crippen molar-refractivity contribution in [3.05, 3.63) is 36.0 Å². The summed E-state index contributed by atoms with van der Waals surface area (Å²) in [6, 6.07) is 1.21. The molecule has 0 saturated carbocycles. The van der Waals surface area contributed by atoms with E-state index in [1.807, 2.05) is 29.6 Å². The molecular formula is C22H29N5O9. The van der Waals surface area contributed by atoms with E-state index in [4.69, 9.17) is 15.9 Å². The molecule has 3 amide bonds. The van der Waals surface area contributed by atoms with Gasteiger partial charge in [-0.25, -0.2) is 4.79 Å². The average molecular weight is 508 g/mol. The van der Waals surface area contributed by atoms with Gasteiger partial charge in [0.05, 0.1) is 25.2 Å². The van der Waals surface area contributed by atoms with E-state index in [0.29, 0.717) is 0 Å². The Labute approximate surface area is 204 Å². The van der Waals surface area contributed by atoms with Gasteiger partial charge in [-0.3, -0.25) is 19.2 Å². The van der Waals surface area contributed by atoms with E-state index in [0.717, 1.165) is 23.4 Å². The molecule has 2 rings (SSSR count). The van der Waals surface area contributed by atoms with Gasteiger partial charge >= 0.3 is 11.9 Å². The molecule has 10 N–H and O–H groups in total. The summed E-state index contributed by atoms with van der Waals surface area (Å²) in [5, 5.41) is 44.6. The van der Waals surface area contributed by atoms with Gasteiger partial charge in [0.25, 0.3) is 0 Å². The molecule has 0 fully saturated rings. The molecule has 0 spiro atoms. The first kappa shape index (κ1) is 28.2. The zero-order valence-electron chi connectivity index (χ0n) is 19.3. The van der Waals surface area contributed by atoms with Gasteiger partial charge in [-0.2, -0.15) is 0 Å². The van der Waals surface area contributed by atoms with Crippen molar-refractivity contribution in [2.45, 2.75) is 50.0 Å². The van der Waals surface area contributed by atoms with Crippen LogP contribution in [0, 0.1) is 0 Å². The van der Waals surface area contributed by atoms with Gasteiger partial charge in [-0.1, -0.05) is 18.2 Å². The highest BCUT2D eigenvalue weighted by atomic mass is 16.4. The number of H-pyrrole nitrogens is 1. The van der Waals surface area contributed by atoms with Crippen molar-refractivity contribution >= 4 is 40.6 Å². The Morgan fingerprint density at radius 1 is 0.972 bits per heavy atom. The van der Waals surface area contributed by atoms with Crippen LogP contribution in [-0.2, 0) is 30.4 Å². The lowest BCUT2D eigenvalue weighted by Crippen LogP contribution is -2.60. The quantitative estimate of drug-likeness (QED) is 0.137. The van der Waals surface area contributed by atoms with Crippen molar-refractivity contribution in [3.63, 3.8) is 0 Å². The van der Waals surface area contributed by atoms with Crippen LogP contribution in [0.2, 0.25) is 0 Å². The second-order valence-corrected chi connectivity index (χ2v) is 8.14. The van der Waals surface area contributed by atoms with Gasteiger partial charge in [0, 0.05) is 17.1 Å². The van der Waals surface area contributed by atoms with Gasteiger partial charge in [0.15, 0.2) is 0 Å². The fourth-order valence-electron chi connectivity index (χ4n) is 3.40. The van der Waals surface area contributed by atoms with Gasteiger partial charge < -0.3 is 47.1 Å². The molecule has 196 valence electrons. The fourth-order valence-corrected chi connectivity index (χ4v) is 3.40. The molecule has 0 aliphatic carbocycles. The molecular weight excluding hydrogens is 478 g/mol. The van der Waals surface area contributed by atoms with Crippen molar-refractivity contribution < 1.29 is 44.4 Å². The second-order valence-electron chi connectivity index (χ2n) is 8.14. The molecule has 14 nitrogen and oxygen atoms in total. The number of nitrogens with one attached hydrogen (secondary N) is 4. The summed E-state index contributed by atoms with van der Waals surface area (Å²) in [5.74, 6) is -6.12. The molecule has 0 aliphatic heterocycles. The van der Waals surface area contributed by atoms with Crippen LogP contribution in [0.4, 0.5) is 0 Å². The lowest BCUT2D eigenvalue weighted by atomic mass is 10.0. The third-order valence-electron chi connectivity index (χ3n) is 5.32. The summed E-state index contributed by atoms with van der Waals surface area (Å²) in [6.07, 6.45) is -0.652. The Kier molecular flexibility index (Phi) is 9.90. The second kappa shape index (κ2) is 12.6. The monoisotopic (exact) mass is 507 g/mol. The molecule has 5 atom stereocenters. The number of aliphatic hydroxyl groups is 2. The number of rotatable bonds is 13. The first-order valence-corrected chi connectivity index (χ1v) is 10.9. The minimum absolute atomic E-state index is 0.120. The zero-order valence-corrected chi connectivity index (χ0v) is 19.3. The maximum Gasteiger partial charge on any atom is 0.326 e. The SMILES string of the molecule is CC(O)C(NC(=O)C(CO)NC(=O)C(N)Cc1c[nH]c2ccccc12)C(=O)NC(CC(=O)O)C(=O)O. The van der Waals surface area contributed by atoms with E-state index >= 15 is 0 Å². The number of benzene rings is 1. The van der Waals surface area contributed by atoms with Crippen molar-refractivity contribution in [2.75, 3.05) is 6.61 Å². The minimum atomic E-state index is -1.82. The first-order valence-electron chi connectivity index (χ1n) is 10.9. The first-order chi connectivity index (χ1) is 16.9. The topological polar surface area (TPSA) is 244 Å². The summed E-state index contributed by atoms with van der Waals surface area (Å²) >= 11 is 0. The number of hydrogen-bond acceptors (Lipinski definition) is 8. The third kappa shape index (κ3) is 7.49. The highest BCUT2D eigenvalue weighted by Crippen LogP contribution is 2.18. The highest BCUT2D eigenvalue weighted by molar-refractivity contribution is 5.95. The van der Waals surface area contributed by atoms with Crippen LogP contribution in [0.1, 0.15) is 18.9 Å². The molecule has 1 aromatic heterocycles. The minimum Gasteiger partial charge on any atom is -0.481 e. The maximum atomic E-state index is 12.6. The molecule has 5 unspecified atom stereocenters. The molecule has 0 saturated heterocycles. The Hall–Kier alpha value is -4.01. The van der Waals surface area contributed by atoms with E-state index in [9.17, 15) is 34.2 Å². The number of carboxylic acids is 2. The maximum absolute atomic E-state index is 12.6. The van der Waals surface area contributed by atoms with E-state index in [2.05, 4.69) is 15.6 Å². The smallest absolute Gasteiger partial charge is 0.326 e. The van der Waals surface area contributed by atoms with Gasteiger partial charge in [-0.15, -0.1) is 0 Å². The molecule has 1 aromatic carbocycles. The molecule has 1 heterocycles. The predicted octanol–water partition coefficient (Wildman–Crippen LogP) is -2.58. The lowest BCUT2D eigenvalue weighted by Gasteiger charge is -2.25. The van der Waals surface area contributed by atoms with E-state index < -0.39 is 73.0 Å². The summed E-state index contributed by atoms with van der Waals surface area (Å²) in [4.78, 5) is 62.7. The van der Waals surface area contributed by atoms with E-state index in [1.165, 1.54) is 0 Å². The Balaban J connectivity index is 2.03. The number of carboxylic acid groups (broad SMARTS) is 2. The Bertz CT molecular complexity index is 1120. The van der Waals surface area contributed by atoms with Crippen molar-refractivity contribution in [2.24, 2.45) is 5.73 Å². The standard InChI is InChI=1S/C22H29N5O9/c1-10(29)18(21(34)25-15(22(35)36)7-17(30)31)27-20(33)16(9-28)26-19(32)13(23)6-11-8-24-14-5-3-2-4-12(11)14/h2-5,8,10,13,15-16,18,24,28-29H,6-7,9,23H2,1H3,(H,25,34)(H,26,32)(H,27,33)(H,30,31)(H,35,36). The molecule has 14 heteroatoms. The largest absolute Gasteiger partial charge is 0.481 e. The molecule has 0 bridgehead atoms. The summed E-state index contributed by atoms with van der Waals surface area (Å²) in [6.45, 7) is 0.253. The molecule has 0 aliphatic rings. The fraction of sp³-hybridized carbons (Fsp3) is 0.409. The van der Waals surface area contributed by atoms with E-state index in [1.54, 1.807) is 6.20 Å². The molecule has 2 aromatic rings. The van der Waals surface area contributed by atoms with Crippen LogP contribution < -0.4 is 21.7 Å². The average Bonchev–Trinajstić information content (AvgIpc) is 3.22. The highest BCUT2D eigenvalue weighted by Gasteiger charge is 2.33. The number of amides is 3. The van der Waals surface area contributed by atoms with Crippen molar-refractivity contribution in [1.82, 2.24) is 20.9 Å². The van der Waals surface area contributed by atoms with Crippen LogP contribution in [0.3, 0.4) is 0 Å².